The second-order valence-electron chi connectivity index (χ2n) is 7.41. The highest BCUT2D eigenvalue weighted by Crippen LogP contribution is 2.41. The fourth-order valence-electron chi connectivity index (χ4n) is 3.46. The molecule has 28 heavy (non-hydrogen) atoms. The largest absolute Gasteiger partial charge is 0.493 e. The van der Waals surface area contributed by atoms with Gasteiger partial charge >= 0.3 is 0 Å². The van der Waals surface area contributed by atoms with E-state index in [0.717, 1.165) is 33.6 Å². The molecule has 0 amide bonds. The maximum atomic E-state index is 11.2. The number of aryl methyl sites for hydroxylation is 4. The van der Waals surface area contributed by atoms with Crippen molar-refractivity contribution in [3.8, 4) is 34.0 Å². The molecular weight excluding hydrogens is 344 g/mol. The number of benzene rings is 3. The molecule has 0 fully saturated rings. The highest BCUT2D eigenvalue weighted by Gasteiger charge is 2.22. The first-order valence-electron chi connectivity index (χ1n) is 9.48. The Morgan fingerprint density at radius 2 is 1.46 bits per heavy atom. The lowest BCUT2D eigenvalue weighted by atomic mass is 9.98. The highest BCUT2D eigenvalue weighted by atomic mass is 16.3. The minimum Gasteiger partial charge on any atom is -0.493 e. The fourth-order valence-corrected chi connectivity index (χ4v) is 3.46. The quantitative estimate of drug-likeness (QED) is 0.471. The molecule has 0 spiro atoms. The first-order valence-corrected chi connectivity index (χ1v) is 9.48. The van der Waals surface area contributed by atoms with Gasteiger partial charge in [0, 0.05) is 5.56 Å². The normalized spacial score (nSPS) is 11.0. The van der Waals surface area contributed by atoms with Crippen molar-refractivity contribution in [2.45, 2.75) is 27.7 Å². The molecule has 0 saturated heterocycles. The van der Waals surface area contributed by atoms with Crippen LogP contribution in [0.5, 0.6) is 5.88 Å². The van der Waals surface area contributed by atoms with Crippen LogP contribution >= 0.6 is 0 Å². The van der Waals surface area contributed by atoms with Gasteiger partial charge in [-0.2, -0.15) is 5.10 Å². The predicted molar refractivity (Wildman–Crippen MR) is 115 cm³/mol. The van der Waals surface area contributed by atoms with Gasteiger partial charge in [0.15, 0.2) is 0 Å². The standard InChI is InChI=1S/C25H24N2O/c1-16-9-12-20(13-10-16)23-24(22-8-6-5-7-18(22)3)26-27(25(23)28)21-14-11-17(2)19(4)15-21/h5-15,28H,1-4H3. The van der Waals surface area contributed by atoms with E-state index < -0.39 is 0 Å². The molecule has 0 aliphatic rings. The zero-order valence-electron chi connectivity index (χ0n) is 16.7. The third-order valence-corrected chi connectivity index (χ3v) is 5.34. The lowest BCUT2D eigenvalue weighted by Gasteiger charge is -2.07. The van der Waals surface area contributed by atoms with Crippen LogP contribution in [-0.2, 0) is 0 Å². The van der Waals surface area contributed by atoms with E-state index in [9.17, 15) is 5.11 Å². The maximum Gasteiger partial charge on any atom is 0.222 e. The highest BCUT2D eigenvalue weighted by molar-refractivity contribution is 5.86. The topological polar surface area (TPSA) is 38.0 Å². The second-order valence-corrected chi connectivity index (χ2v) is 7.41. The molecule has 140 valence electrons. The third-order valence-electron chi connectivity index (χ3n) is 5.34. The van der Waals surface area contributed by atoms with Gasteiger partial charge in [-0.15, -0.1) is 0 Å². The van der Waals surface area contributed by atoms with Gasteiger partial charge in [-0.1, -0.05) is 60.2 Å². The summed E-state index contributed by atoms with van der Waals surface area (Å²) in [6.45, 7) is 8.28. The molecule has 0 radical (unpaired) electrons. The lowest BCUT2D eigenvalue weighted by Crippen LogP contribution is -1.97. The van der Waals surface area contributed by atoms with E-state index in [0.29, 0.717) is 0 Å². The van der Waals surface area contributed by atoms with Crippen LogP contribution in [-0.4, -0.2) is 14.9 Å². The molecule has 0 aliphatic carbocycles. The van der Waals surface area contributed by atoms with Gasteiger partial charge in [0.1, 0.15) is 5.69 Å². The van der Waals surface area contributed by atoms with Crippen molar-refractivity contribution in [3.63, 3.8) is 0 Å². The van der Waals surface area contributed by atoms with Crippen molar-refractivity contribution in [1.29, 1.82) is 0 Å². The summed E-state index contributed by atoms with van der Waals surface area (Å²) in [5, 5.41) is 16.0. The molecule has 0 aliphatic heterocycles. The van der Waals surface area contributed by atoms with Crippen LogP contribution in [0.2, 0.25) is 0 Å². The summed E-state index contributed by atoms with van der Waals surface area (Å²) < 4.78 is 1.64. The Morgan fingerprint density at radius 1 is 0.750 bits per heavy atom. The van der Waals surface area contributed by atoms with E-state index in [1.54, 1.807) is 4.68 Å². The Hall–Kier alpha value is -3.33. The maximum absolute atomic E-state index is 11.2. The van der Waals surface area contributed by atoms with Crippen LogP contribution in [0.4, 0.5) is 0 Å². The minimum atomic E-state index is 0.158. The smallest absolute Gasteiger partial charge is 0.222 e. The van der Waals surface area contributed by atoms with Gasteiger partial charge in [-0.05, 0) is 62.1 Å². The summed E-state index contributed by atoms with van der Waals surface area (Å²) >= 11 is 0. The van der Waals surface area contributed by atoms with Crippen molar-refractivity contribution in [3.05, 3.63) is 89.0 Å². The zero-order valence-corrected chi connectivity index (χ0v) is 16.7. The molecule has 4 aromatic rings. The molecule has 3 nitrogen and oxygen atoms in total. The van der Waals surface area contributed by atoms with Gasteiger partial charge in [-0.3, -0.25) is 0 Å². The average molecular weight is 368 g/mol. The van der Waals surface area contributed by atoms with E-state index in [2.05, 4.69) is 64.1 Å². The Bertz CT molecular complexity index is 1150. The van der Waals surface area contributed by atoms with Crippen LogP contribution in [0.15, 0.2) is 66.7 Å². The van der Waals surface area contributed by atoms with Crippen LogP contribution < -0.4 is 0 Å². The number of nitrogens with zero attached hydrogens (tertiary/aromatic N) is 2. The molecule has 4 rings (SSSR count). The van der Waals surface area contributed by atoms with E-state index in [1.165, 1.54) is 16.7 Å². The Kier molecular flexibility index (Phi) is 4.52. The van der Waals surface area contributed by atoms with E-state index >= 15 is 0 Å². The summed E-state index contributed by atoms with van der Waals surface area (Å²) in [7, 11) is 0. The minimum absolute atomic E-state index is 0.158. The number of hydrogen-bond donors (Lipinski definition) is 1. The summed E-state index contributed by atoms with van der Waals surface area (Å²) in [5.74, 6) is 0.158. The van der Waals surface area contributed by atoms with E-state index in [4.69, 9.17) is 5.10 Å². The molecule has 0 saturated carbocycles. The summed E-state index contributed by atoms with van der Waals surface area (Å²) in [5.41, 5.74) is 9.07. The molecule has 0 unspecified atom stereocenters. The van der Waals surface area contributed by atoms with E-state index in [1.807, 2.05) is 30.3 Å². The molecule has 1 heterocycles. The van der Waals surface area contributed by atoms with Gasteiger partial charge in [0.25, 0.3) is 0 Å². The summed E-state index contributed by atoms with van der Waals surface area (Å²) in [4.78, 5) is 0. The molecule has 3 aromatic carbocycles. The number of aromatic nitrogens is 2. The summed E-state index contributed by atoms with van der Waals surface area (Å²) in [6.07, 6.45) is 0. The predicted octanol–water partition coefficient (Wildman–Crippen LogP) is 6.15. The first-order chi connectivity index (χ1) is 13.5. The van der Waals surface area contributed by atoms with Crippen LogP contribution in [0.1, 0.15) is 22.3 Å². The number of hydrogen-bond acceptors (Lipinski definition) is 2. The van der Waals surface area contributed by atoms with Crippen molar-refractivity contribution < 1.29 is 5.11 Å². The Labute approximate surface area is 165 Å². The van der Waals surface area contributed by atoms with Crippen molar-refractivity contribution in [2.24, 2.45) is 0 Å². The lowest BCUT2D eigenvalue weighted by molar-refractivity contribution is 0.435. The zero-order chi connectivity index (χ0) is 19.8. The SMILES string of the molecule is Cc1ccc(-c2c(-c3ccccc3C)nn(-c3ccc(C)c(C)c3)c2O)cc1. The average Bonchev–Trinajstić information content (AvgIpc) is 3.02. The van der Waals surface area contributed by atoms with Crippen molar-refractivity contribution in [1.82, 2.24) is 9.78 Å². The Morgan fingerprint density at radius 3 is 2.14 bits per heavy atom. The summed E-state index contributed by atoms with van der Waals surface area (Å²) in [6, 6.07) is 22.5. The van der Waals surface area contributed by atoms with E-state index in [-0.39, 0.29) is 5.88 Å². The molecule has 3 heteroatoms. The number of rotatable bonds is 3. The Balaban J connectivity index is 2.00. The van der Waals surface area contributed by atoms with Crippen LogP contribution in [0.3, 0.4) is 0 Å². The van der Waals surface area contributed by atoms with Crippen LogP contribution in [0, 0.1) is 27.7 Å². The van der Waals surface area contributed by atoms with Crippen molar-refractivity contribution in [2.75, 3.05) is 0 Å². The molecule has 0 atom stereocenters. The monoisotopic (exact) mass is 368 g/mol. The molecule has 1 N–H and O–H groups in total. The van der Waals surface area contributed by atoms with Gasteiger partial charge in [0.05, 0.1) is 11.3 Å². The fraction of sp³-hybridized carbons (Fsp3) is 0.160. The number of aromatic hydroxyl groups is 1. The molecule has 1 aromatic heterocycles. The van der Waals surface area contributed by atoms with Gasteiger partial charge < -0.3 is 5.11 Å². The molecular formula is C25H24N2O. The van der Waals surface area contributed by atoms with Crippen molar-refractivity contribution >= 4 is 0 Å². The third kappa shape index (κ3) is 3.09. The molecule has 0 bridgehead atoms. The first kappa shape index (κ1) is 18.1. The van der Waals surface area contributed by atoms with Gasteiger partial charge in [-0.25, -0.2) is 4.68 Å². The van der Waals surface area contributed by atoms with Gasteiger partial charge in [0.2, 0.25) is 5.88 Å². The second kappa shape index (κ2) is 7.01. The van der Waals surface area contributed by atoms with Crippen LogP contribution in [0.25, 0.3) is 28.1 Å².